The van der Waals surface area contributed by atoms with Crippen molar-refractivity contribution < 1.29 is 5.11 Å². The molecule has 3 rings (SSSR count). The molecule has 0 amide bonds. The zero-order chi connectivity index (χ0) is 15.1. The van der Waals surface area contributed by atoms with Gasteiger partial charge in [-0.15, -0.1) is 0 Å². The zero-order valence-electron chi connectivity index (χ0n) is 10.4. The van der Waals surface area contributed by atoms with Crippen LogP contribution in [0.3, 0.4) is 0 Å². The molecule has 0 saturated carbocycles. The van der Waals surface area contributed by atoms with E-state index in [1.165, 1.54) is 0 Å². The van der Waals surface area contributed by atoms with Crippen LogP contribution >= 0.6 is 50.7 Å². The number of halogens is 4. The van der Waals surface area contributed by atoms with Crippen molar-refractivity contribution in [3.8, 4) is 16.9 Å². The van der Waals surface area contributed by atoms with E-state index in [0.29, 0.717) is 36.5 Å². The zero-order valence-corrected chi connectivity index (χ0v) is 14.2. The van der Waals surface area contributed by atoms with E-state index in [1.54, 1.807) is 24.3 Å². The number of pyridine rings is 1. The fourth-order valence-corrected chi connectivity index (χ4v) is 3.41. The number of phenols is 1. The van der Waals surface area contributed by atoms with E-state index in [-0.39, 0.29) is 10.9 Å². The summed E-state index contributed by atoms with van der Waals surface area (Å²) in [5, 5.41) is 11.7. The molecule has 1 aromatic heterocycles. The SMILES string of the molecule is Oc1c(Br)ccc2nc(Cl)c(-c3ccccc3Cl)c(Cl)c12. The highest BCUT2D eigenvalue weighted by Crippen LogP contribution is 2.45. The molecule has 0 bridgehead atoms. The molecule has 1 heterocycles. The molecule has 0 saturated heterocycles. The number of benzene rings is 2. The van der Waals surface area contributed by atoms with E-state index in [9.17, 15) is 5.11 Å². The Morgan fingerprint density at radius 3 is 2.43 bits per heavy atom. The van der Waals surface area contributed by atoms with Crippen LogP contribution < -0.4 is 0 Å². The molecule has 0 aliphatic rings. The fraction of sp³-hybridized carbons (Fsp3) is 0. The van der Waals surface area contributed by atoms with Crippen molar-refractivity contribution in [3.63, 3.8) is 0 Å². The summed E-state index contributed by atoms with van der Waals surface area (Å²) in [4.78, 5) is 4.30. The lowest BCUT2D eigenvalue weighted by atomic mass is 10.0. The van der Waals surface area contributed by atoms with Gasteiger partial charge in [0.2, 0.25) is 0 Å². The van der Waals surface area contributed by atoms with Gasteiger partial charge < -0.3 is 5.11 Å². The van der Waals surface area contributed by atoms with Gasteiger partial charge in [0.1, 0.15) is 10.9 Å². The Bertz CT molecular complexity index is 867. The molecule has 2 aromatic carbocycles. The van der Waals surface area contributed by atoms with Gasteiger partial charge in [-0.3, -0.25) is 0 Å². The number of fused-ring (bicyclic) bond motifs is 1. The molecular weight excluding hydrogens is 396 g/mol. The van der Waals surface area contributed by atoms with Crippen LogP contribution in [0.1, 0.15) is 0 Å². The van der Waals surface area contributed by atoms with Gasteiger partial charge in [0, 0.05) is 16.1 Å². The number of nitrogens with zero attached hydrogens (tertiary/aromatic N) is 1. The maximum Gasteiger partial charge on any atom is 0.140 e. The van der Waals surface area contributed by atoms with Crippen molar-refractivity contribution in [1.29, 1.82) is 0 Å². The highest BCUT2D eigenvalue weighted by Gasteiger charge is 2.19. The number of aromatic nitrogens is 1. The van der Waals surface area contributed by atoms with Gasteiger partial charge >= 0.3 is 0 Å². The summed E-state index contributed by atoms with van der Waals surface area (Å²) < 4.78 is 0.533. The van der Waals surface area contributed by atoms with E-state index >= 15 is 0 Å². The van der Waals surface area contributed by atoms with Crippen LogP contribution in [0.2, 0.25) is 15.2 Å². The topological polar surface area (TPSA) is 33.1 Å². The van der Waals surface area contributed by atoms with Gasteiger partial charge in [-0.1, -0.05) is 53.0 Å². The second kappa shape index (κ2) is 5.65. The number of hydrogen-bond donors (Lipinski definition) is 1. The smallest absolute Gasteiger partial charge is 0.140 e. The molecule has 0 spiro atoms. The standard InChI is InChI=1S/C15H7BrCl3NO/c16-8-5-6-10-12(14(8)21)13(18)11(15(19)20-10)7-3-1-2-4-9(7)17/h1-6,21H. The second-order valence-electron chi connectivity index (χ2n) is 4.36. The molecule has 106 valence electrons. The predicted molar refractivity (Wildman–Crippen MR) is 91.6 cm³/mol. The lowest BCUT2D eigenvalue weighted by Crippen LogP contribution is -1.90. The molecule has 0 unspecified atom stereocenters. The molecule has 0 radical (unpaired) electrons. The lowest BCUT2D eigenvalue weighted by molar-refractivity contribution is 0.478. The summed E-state index contributed by atoms with van der Waals surface area (Å²) in [6, 6.07) is 10.6. The molecule has 0 atom stereocenters. The fourth-order valence-electron chi connectivity index (χ4n) is 2.14. The summed E-state index contributed by atoms with van der Waals surface area (Å²) in [6.07, 6.45) is 0. The van der Waals surface area contributed by atoms with Crippen molar-refractivity contribution in [2.24, 2.45) is 0 Å². The van der Waals surface area contributed by atoms with Gasteiger partial charge in [-0.2, -0.15) is 0 Å². The minimum absolute atomic E-state index is 0.0231. The minimum atomic E-state index is 0.0231. The average Bonchev–Trinajstić information content (AvgIpc) is 2.44. The number of rotatable bonds is 1. The first-order valence-electron chi connectivity index (χ1n) is 5.91. The van der Waals surface area contributed by atoms with Gasteiger partial charge in [0.25, 0.3) is 0 Å². The third-order valence-electron chi connectivity index (χ3n) is 3.11. The van der Waals surface area contributed by atoms with Gasteiger partial charge in [-0.25, -0.2) is 4.98 Å². The second-order valence-corrected chi connectivity index (χ2v) is 6.36. The van der Waals surface area contributed by atoms with E-state index in [1.807, 2.05) is 12.1 Å². The Morgan fingerprint density at radius 2 is 1.71 bits per heavy atom. The molecular formula is C15H7BrCl3NO. The number of aromatic hydroxyl groups is 1. The minimum Gasteiger partial charge on any atom is -0.506 e. The quantitative estimate of drug-likeness (QED) is 0.482. The summed E-state index contributed by atoms with van der Waals surface area (Å²) in [7, 11) is 0. The molecule has 1 N–H and O–H groups in total. The Labute approximate surface area is 144 Å². The largest absolute Gasteiger partial charge is 0.506 e. The number of phenolic OH excluding ortho intramolecular Hbond substituents is 1. The Hall–Kier alpha value is -1.000. The third-order valence-corrected chi connectivity index (χ3v) is 4.73. The van der Waals surface area contributed by atoms with Gasteiger partial charge in [0.05, 0.1) is 20.4 Å². The van der Waals surface area contributed by atoms with E-state index in [2.05, 4.69) is 20.9 Å². The summed E-state index contributed by atoms with van der Waals surface area (Å²) in [6.45, 7) is 0. The maximum atomic E-state index is 10.2. The summed E-state index contributed by atoms with van der Waals surface area (Å²) in [5.41, 5.74) is 1.69. The van der Waals surface area contributed by atoms with Crippen molar-refractivity contribution in [1.82, 2.24) is 4.98 Å². The number of hydrogen-bond acceptors (Lipinski definition) is 2. The van der Waals surface area contributed by atoms with Crippen molar-refractivity contribution in [2.75, 3.05) is 0 Å². The van der Waals surface area contributed by atoms with Crippen LogP contribution in [-0.2, 0) is 0 Å². The maximum absolute atomic E-state index is 10.2. The highest BCUT2D eigenvalue weighted by atomic mass is 79.9. The Morgan fingerprint density at radius 1 is 1.00 bits per heavy atom. The summed E-state index contributed by atoms with van der Waals surface area (Å²) in [5.74, 6) is 0.0231. The van der Waals surface area contributed by atoms with Crippen LogP contribution in [0.4, 0.5) is 0 Å². The first-order chi connectivity index (χ1) is 10.0. The lowest BCUT2D eigenvalue weighted by Gasteiger charge is -2.12. The van der Waals surface area contributed by atoms with Crippen molar-refractivity contribution in [3.05, 3.63) is 56.1 Å². The Balaban J connectivity index is 2.45. The van der Waals surface area contributed by atoms with E-state index in [4.69, 9.17) is 34.8 Å². The summed E-state index contributed by atoms with van der Waals surface area (Å²) >= 11 is 22.2. The Kier molecular flexibility index (Phi) is 4.02. The van der Waals surface area contributed by atoms with Crippen molar-refractivity contribution in [2.45, 2.75) is 0 Å². The normalized spacial score (nSPS) is 11.0. The molecule has 0 fully saturated rings. The first kappa shape index (κ1) is 14.9. The molecule has 0 aliphatic heterocycles. The van der Waals surface area contributed by atoms with Gasteiger partial charge in [-0.05, 0) is 34.1 Å². The van der Waals surface area contributed by atoms with Crippen LogP contribution in [0.5, 0.6) is 5.75 Å². The van der Waals surface area contributed by atoms with E-state index in [0.717, 1.165) is 0 Å². The van der Waals surface area contributed by atoms with E-state index < -0.39 is 0 Å². The molecule has 0 aliphatic carbocycles. The van der Waals surface area contributed by atoms with Crippen LogP contribution in [0, 0.1) is 0 Å². The van der Waals surface area contributed by atoms with Crippen LogP contribution in [0.25, 0.3) is 22.0 Å². The molecule has 2 nitrogen and oxygen atoms in total. The first-order valence-corrected chi connectivity index (χ1v) is 7.84. The molecule has 3 aromatic rings. The van der Waals surface area contributed by atoms with Crippen LogP contribution in [-0.4, -0.2) is 10.1 Å². The van der Waals surface area contributed by atoms with Crippen LogP contribution in [0.15, 0.2) is 40.9 Å². The molecule has 21 heavy (non-hydrogen) atoms. The predicted octanol–water partition coefficient (Wildman–Crippen LogP) is 6.33. The third kappa shape index (κ3) is 2.49. The highest BCUT2D eigenvalue weighted by molar-refractivity contribution is 9.10. The molecule has 6 heteroatoms. The average molecular weight is 403 g/mol. The monoisotopic (exact) mass is 401 g/mol. The van der Waals surface area contributed by atoms with Gasteiger partial charge in [0.15, 0.2) is 0 Å². The van der Waals surface area contributed by atoms with Crippen molar-refractivity contribution >= 4 is 61.6 Å².